The zero-order chi connectivity index (χ0) is 13.3. The number of carbonyl (C=O) groups excluding carboxylic acids is 1. The third kappa shape index (κ3) is 2.16. The van der Waals surface area contributed by atoms with Gasteiger partial charge in [-0.15, -0.1) is 11.3 Å². The second-order valence-electron chi connectivity index (χ2n) is 4.16. The minimum Gasteiger partial charge on any atom is -0.496 e. The zero-order valence-electron chi connectivity index (χ0n) is 10.9. The van der Waals surface area contributed by atoms with E-state index in [2.05, 4.69) is 4.98 Å². The summed E-state index contributed by atoms with van der Waals surface area (Å²) in [6.07, 6.45) is 1.62. The van der Waals surface area contributed by atoms with Crippen molar-refractivity contribution >= 4 is 17.1 Å². The van der Waals surface area contributed by atoms with Gasteiger partial charge in [-0.1, -0.05) is 6.07 Å². The molecular weight excluding hydrogens is 246 g/mol. The highest BCUT2D eigenvalue weighted by molar-refractivity contribution is 7.13. The van der Waals surface area contributed by atoms with Gasteiger partial charge in [0.15, 0.2) is 0 Å². The van der Waals surface area contributed by atoms with E-state index in [-0.39, 0.29) is 5.78 Å². The Labute approximate surface area is 110 Å². The molecule has 1 heterocycles. The Morgan fingerprint density at radius 1 is 1.28 bits per heavy atom. The van der Waals surface area contributed by atoms with Crippen molar-refractivity contribution in [3.8, 4) is 5.75 Å². The van der Waals surface area contributed by atoms with Crippen molar-refractivity contribution in [3.63, 3.8) is 0 Å². The molecule has 1 aromatic carbocycles. The van der Waals surface area contributed by atoms with Crippen LogP contribution in [0.1, 0.15) is 31.4 Å². The fraction of sp³-hybridized carbons (Fsp3) is 0.286. The monoisotopic (exact) mass is 261 g/mol. The van der Waals surface area contributed by atoms with Gasteiger partial charge >= 0.3 is 0 Å². The van der Waals surface area contributed by atoms with Crippen LogP contribution in [0, 0.1) is 20.8 Å². The number of hydrogen-bond acceptors (Lipinski definition) is 4. The molecule has 0 aliphatic carbocycles. The highest BCUT2D eigenvalue weighted by Crippen LogP contribution is 2.29. The molecule has 0 unspecified atom stereocenters. The van der Waals surface area contributed by atoms with E-state index in [4.69, 9.17) is 4.74 Å². The summed E-state index contributed by atoms with van der Waals surface area (Å²) in [5.41, 5.74) is 2.72. The summed E-state index contributed by atoms with van der Waals surface area (Å²) in [6.45, 7) is 5.85. The van der Waals surface area contributed by atoms with Gasteiger partial charge in [-0.25, -0.2) is 4.98 Å². The van der Waals surface area contributed by atoms with Gasteiger partial charge in [0.1, 0.15) is 5.75 Å². The Kier molecular flexibility index (Phi) is 3.48. The van der Waals surface area contributed by atoms with Crippen molar-refractivity contribution in [2.45, 2.75) is 20.8 Å². The number of ether oxygens (including phenoxy) is 1. The fourth-order valence-electron chi connectivity index (χ4n) is 1.83. The topological polar surface area (TPSA) is 39.2 Å². The lowest BCUT2D eigenvalue weighted by molar-refractivity contribution is 0.103. The number of carbonyl (C=O) groups is 1. The number of aryl methyl sites for hydroxylation is 2. The van der Waals surface area contributed by atoms with Crippen LogP contribution in [-0.2, 0) is 0 Å². The number of aromatic nitrogens is 1. The molecule has 0 aliphatic rings. The summed E-state index contributed by atoms with van der Waals surface area (Å²) in [6, 6.07) is 3.76. The third-order valence-corrected chi connectivity index (χ3v) is 3.88. The highest BCUT2D eigenvalue weighted by Gasteiger charge is 2.18. The van der Waals surface area contributed by atoms with Gasteiger partial charge in [-0.3, -0.25) is 4.79 Å². The van der Waals surface area contributed by atoms with Crippen LogP contribution in [0.4, 0.5) is 0 Å². The molecule has 0 aliphatic heterocycles. The molecule has 0 saturated carbocycles. The van der Waals surface area contributed by atoms with Crippen LogP contribution in [0.15, 0.2) is 18.3 Å². The molecule has 0 amide bonds. The Hall–Kier alpha value is -1.68. The average Bonchev–Trinajstić information content (AvgIpc) is 2.78. The lowest BCUT2D eigenvalue weighted by Gasteiger charge is -2.11. The lowest BCUT2D eigenvalue weighted by atomic mass is 10.0. The summed E-state index contributed by atoms with van der Waals surface area (Å²) in [7, 11) is 1.59. The van der Waals surface area contributed by atoms with E-state index >= 15 is 0 Å². The highest BCUT2D eigenvalue weighted by atomic mass is 32.1. The SMILES string of the molecule is COc1c(C(=O)c2cnc(C)s2)ccc(C)c1C. The minimum absolute atomic E-state index is 0.0273. The molecule has 4 heteroatoms. The predicted molar refractivity (Wildman–Crippen MR) is 72.8 cm³/mol. The number of rotatable bonds is 3. The van der Waals surface area contributed by atoms with Crippen molar-refractivity contribution in [3.05, 3.63) is 44.9 Å². The second-order valence-corrected chi connectivity index (χ2v) is 5.40. The standard InChI is InChI=1S/C14H15NO2S/c1-8-5-6-11(14(17-4)9(8)2)13(16)12-7-15-10(3)18-12/h5-7H,1-4H3. The van der Waals surface area contributed by atoms with Gasteiger partial charge in [-0.05, 0) is 38.0 Å². The van der Waals surface area contributed by atoms with E-state index < -0.39 is 0 Å². The number of thiazole rings is 1. The van der Waals surface area contributed by atoms with Crippen LogP contribution in [0.25, 0.3) is 0 Å². The Bertz CT molecular complexity index is 602. The van der Waals surface area contributed by atoms with Gasteiger partial charge in [0, 0.05) is 6.20 Å². The third-order valence-electron chi connectivity index (χ3n) is 2.97. The predicted octanol–water partition coefficient (Wildman–Crippen LogP) is 3.31. The van der Waals surface area contributed by atoms with E-state index in [1.807, 2.05) is 32.9 Å². The van der Waals surface area contributed by atoms with Crippen molar-refractivity contribution in [2.24, 2.45) is 0 Å². The lowest BCUT2D eigenvalue weighted by Crippen LogP contribution is -2.04. The first-order valence-corrected chi connectivity index (χ1v) is 6.47. The molecule has 1 aromatic heterocycles. The number of nitrogens with zero attached hydrogens (tertiary/aromatic N) is 1. The maximum absolute atomic E-state index is 12.4. The van der Waals surface area contributed by atoms with Crippen molar-refractivity contribution in [1.29, 1.82) is 0 Å². The van der Waals surface area contributed by atoms with Crippen molar-refractivity contribution in [1.82, 2.24) is 4.98 Å². The fourth-order valence-corrected chi connectivity index (χ4v) is 2.56. The Morgan fingerprint density at radius 3 is 2.56 bits per heavy atom. The van der Waals surface area contributed by atoms with E-state index in [1.54, 1.807) is 13.3 Å². The maximum atomic E-state index is 12.4. The molecular formula is C14H15NO2S. The average molecular weight is 261 g/mol. The van der Waals surface area contributed by atoms with E-state index in [1.165, 1.54) is 11.3 Å². The first-order valence-electron chi connectivity index (χ1n) is 5.66. The van der Waals surface area contributed by atoms with Crippen LogP contribution in [-0.4, -0.2) is 17.9 Å². The van der Waals surface area contributed by atoms with Crippen LogP contribution in [0.5, 0.6) is 5.75 Å². The quantitative estimate of drug-likeness (QED) is 0.796. The molecule has 0 saturated heterocycles. The summed E-state index contributed by atoms with van der Waals surface area (Å²) in [4.78, 5) is 17.2. The number of methoxy groups -OCH3 is 1. The van der Waals surface area contributed by atoms with Crippen LogP contribution in [0.2, 0.25) is 0 Å². The molecule has 0 spiro atoms. The van der Waals surface area contributed by atoms with Gasteiger partial charge in [0.2, 0.25) is 5.78 Å². The summed E-state index contributed by atoms with van der Waals surface area (Å²) < 4.78 is 5.37. The Balaban J connectivity index is 2.51. The van der Waals surface area contributed by atoms with Crippen LogP contribution in [0.3, 0.4) is 0 Å². The van der Waals surface area contributed by atoms with Crippen molar-refractivity contribution < 1.29 is 9.53 Å². The van der Waals surface area contributed by atoms with Crippen molar-refractivity contribution in [2.75, 3.05) is 7.11 Å². The second kappa shape index (κ2) is 4.90. The zero-order valence-corrected chi connectivity index (χ0v) is 11.7. The largest absolute Gasteiger partial charge is 0.496 e. The van der Waals surface area contributed by atoms with Gasteiger partial charge in [-0.2, -0.15) is 0 Å². The normalized spacial score (nSPS) is 10.4. The number of hydrogen-bond donors (Lipinski definition) is 0. The van der Waals surface area contributed by atoms with E-state index in [0.717, 1.165) is 16.1 Å². The van der Waals surface area contributed by atoms with Crippen LogP contribution < -0.4 is 4.74 Å². The molecule has 18 heavy (non-hydrogen) atoms. The van der Waals surface area contributed by atoms with Crippen LogP contribution >= 0.6 is 11.3 Å². The van der Waals surface area contributed by atoms with Gasteiger partial charge < -0.3 is 4.74 Å². The Morgan fingerprint density at radius 2 is 2.00 bits per heavy atom. The summed E-state index contributed by atoms with van der Waals surface area (Å²) in [5.74, 6) is 0.631. The first-order chi connectivity index (χ1) is 8.54. The molecule has 0 bridgehead atoms. The molecule has 2 rings (SSSR count). The minimum atomic E-state index is -0.0273. The summed E-state index contributed by atoms with van der Waals surface area (Å²) in [5, 5.41) is 0.890. The van der Waals surface area contributed by atoms with Gasteiger partial charge in [0.05, 0.1) is 22.6 Å². The first kappa shape index (κ1) is 12.8. The molecule has 94 valence electrons. The maximum Gasteiger partial charge on any atom is 0.208 e. The summed E-state index contributed by atoms with van der Waals surface area (Å²) >= 11 is 1.40. The molecule has 2 aromatic rings. The molecule has 3 nitrogen and oxygen atoms in total. The number of benzene rings is 1. The van der Waals surface area contributed by atoms with Gasteiger partial charge in [0.25, 0.3) is 0 Å². The molecule has 0 fully saturated rings. The smallest absolute Gasteiger partial charge is 0.208 e. The molecule has 0 atom stereocenters. The van der Waals surface area contributed by atoms with E-state index in [9.17, 15) is 4.79 Å². The molecule has 0 N–H and O–H groups in total. The molecule has 0 radical (unpaired) electrons. The van der Waals surface area contributed by atoms with E-state index in [0.29, 0.717) is 16.2 Å². The number of ketones is 1.